The summed E-state index contributed by atoms with van der Waals surface area (Å²) < 4.78 is 10.6. The highest BCUT2D eigenvalue weighted by Crippen LogP contribution is 2.17. The molecule has 2 aliphatic heterocycles. The van der Waals surface area contributed by atoms with Crippen LogP contribution in [0.15, 0.2) is 0 Å². The van der Waals surface area contributed by atoms with Gasteiger partial charge in [0.05, 0.1) is 12.5 Å². The lowest BCUT2D eigenvalue weighted by atomic mass is 9.99. The van der Waals surface area contributed by atoms with Crippen LogP contribution in [-0.4, -0.2) is 38.9 Å². The van der Waals surface area contributed by atoms with Crippen LogP contribution in [0.2, 0.25) is 0 Å². The number of piperidine rings is 1. The SMILES string of the molecule is O=C(OC[C@@H]1CCCNC1)C1CCOCC1. The minimum atomic E-state index is -0.0196. The first-order valence-electron chi connectivity index (χ1n) is 6.31. The van der Waals surface area contributed by atoms with E-state index in [4.69, 9.17) is 9.47 Å². The number of rotatable bonds is 3. The van der Waals surface area contributed by atoms with E-state index in [1.54, 1.807) is 0 Å². The summed E-state index contributed by atoms with van der Waals surface area (Å²) in [7, 11) is 0. The molecular formula is C12H21NO3. The van der Waals surface area contributed by atoms with E-state index in [0.717, 1.165) is 25.9 Å². The van der Waals surface area contributed by atoms with E-state index in [9.17, 15) is 4.79 Å². The van der Waals surface area contributed by atoms with Gasteiger partial charge in [-0.2, -0.15) is 0 Å². The summed E-state index contributed by atoms with van der Waals surface area (Å²) >= 11 is 0. The Hall–Kier alpha value is -0.610. The largest absolute Gasteiger partial charge is 0.465 e. The van der Waals surface area contributed by atoms with Crippen molar-refractivity contribution in [2.24, 2.45) is 11.8 Å². The lowest BCUT2D eigenvalue weighted by Gasteiger charge is -2.24. The quantitative estimate of drug-likeness (QED) is 0.729. The summed E-state index contributed by atoms with van der Waals surface area (Å²) in [6.45, 7) is 4.07. The molecule has 0 aromatic rings. The van der Waals surface area contributed by atoms with Gasteiger partial charge in [0.15, 0.2) is 0 Å². The van der Waals surface area contributed by atoms with Crippen LogP contribution in [0.1, 0.15) is 25.7 Å². The molecule has 16 heavy (non-hydrogen) atoms. The van der Waals surface area contributed by atoms with Crippen LogP contribution < -0.4 is 5.32 Å². The number of ether oxygens (including phenoxy) is 2. The van der Waals surface area contributed by atoms with Gasteiger partial charge in [-0.05, 0) is 32.2 Å². The molecule has 2 fully saturated rings. The third-order valence-electron chi connectivity index (χ3n) is 3.41. The smallest absolute Gasteiger partial charge is 0.309 e. The molecule has 1 N–H and O–H groups in total. The molecule has 0 unspecified atom stereocenters. The second-order valence-corrected chi connectivity index (χ2v) is 4.73. The van der Waals surface area contributed by atoms with E-state index >= 15 is 0 Å². The van der Waals surface area contributed by atoms with Crippen molar-refractivity contribution in [2.45, 2.75) is 25.7 Å². The van der Waals surface area contributed by atoms with Crippen molar-refractivity contribution in [2.75, 3.05) is 32.9 Å². The number of hydrogen-bond acceptors (Lipinski definition) is 4. The Kier molecular flexibility index (Phi) is 4.60. The highest BCUT2D eigenvalue weighted by molar-refractivity contribution is 5.72. The molecule has 0 radical (unpaired) electrons. The number of hydrogen-bond donors (Lipinski definition) is 1. The molecule has 0 bridgehead atoms. The van der Waals surface area contributed by atoms with Gasteiger partial charge >= 0.3 is 5.97 Å². The number of carbonyl (C=O) groups excluding carboxylic acids is 1. The first-order valence-corrected chi connectivity index (χ1v) is 6.31. The highest BCUT2D eigenvalue weighted by atomic mass is 16.5. The van der Waals surface area contributed by atoms with E-state index in [1.807, 2.05) is 0 Å². The van der Waals surface area contributed by atoms with Gasteiger partial charge in [0.25, 0.3) is 0 Å². The van der Waals surface area contributed by atoms with E-state index in [1.165, 1.54) is 12.8 Å². The molecule has 0 spiro atoms. The van der Waals surface area contributed by atoms with Crippen molar-refractivity contribution in [1.82, 2.24) is 5.32 Å². The van der Waals surface area contributed by atoms with Crippen molar-refractivity contribution in [1.29, 1.82) is 0 Å². The van der Waals surface area contributed by atoms with E-state index < -0.39 is 0 Å². The zero-order valence-electron chi connectivity index (χ0n) is 9.74. The standard InChI is InChI=1S/C12H21NO3/c14-12(11-3-6-15-7-4-11)16-9-10-2-1-5-13-8-10/h10-11,13H,1-9H2/t10-/m1/s1. The maximum atomic E-state index is 11.7. The highest BCUT2D eigenvalue weighted by Gasteiger charge is 2.24. The molecule has 2 saturated heterocycles. The maximum absolute atomic E-state index is 11.7. The Labute approximate surface area is 96.7 Å². The zero-order valence-corrected chi connectivity index (χ0v) is 9.74. The average Bonchev–Trinajstić information content (AvgIpc) is 2.38. The number of esters is 1. The second-order valence-electron chi connectivity index (χ2n) is 4.73. The average molecular weight is 227 g/mol. The fraction of sp³-hybridized carbons (Fsp3) is 0.917. The molecule has 4 heteroatoms. The Morgan fingerprint density at radius 1 is 1.31 bits per heavy atom. The fourth-order valence-electron chi connectivity index (χ4n) is 2.32. The van der Waals surface area contributed by atoms with Crippen LogP contribution in [-0.2, 0) is 14.3 Å². The molecule has 0 amide bonds. The Bertz CT molecular complexity index is 220. The summed E-state index contributed by atoms with van der Waals surface area (Å²) in [6, 6.07) is 0. The molecule has 92 valence electrons. The molecular weight excluding hydrogens is 206 g/mol. The third kappa shape index (κ3) is 3.46. The molecule has 0 aliphatic carbocycles. The molecule has 4 nitrogen and oxygen atoms in total. The number of carbonyl (C=O) groups is 1. The molecule has 1 atom stereocenters. The minimum Gasteiger partial charge on any atom is -0.465 e. The van der Waals surface area contributed by atoms with Crippen molar-refractivity contribution in [3.63, 3.8) is 0 Å². The van der Waals surface area contributed by atoms with Gasteiger partial charge in [0.1, 0.15) is 0 Å². The Balaban J connectivity index is 1.65. The van der Waals surface area contributed by atoms with Crippen molar-refractivity contribution < 1.29 is 14.3 Å². The van der Waals surface area contributed by atoms with Crippen LogP contribution in [0.4, 0.5) is 0 Å². The molecule has 2 aliphatic rings. The predicted molar refractivity (Wildman–Crippen MR) is 60.1 cm³/mol. The molecule has 0 aromatic carbocycles. The first-order chi connectivity index (χ1) is 7.86. The van der Waals surface area contributed by atoms with Crippen molar-refractivity contribution in [3.8, 4) is 0 Å². The van der Waals surface area contributed by atoms with Crippen molar-refractivity contribution >= 4 is 5.97 Å². The maximum Gasteiger partial charge on any atom is 0.309 e. The minimum absolute atomic E-state index is 0.0196. The van der Waals surface area contributed by atoms with Gasteiger partial charge in [-0.1, -0.05) is 0 Å². The molecule has 2 rings (SSSR count). The van der Waals surface area contributed by atoms with E-state index in [0.29, 0.717) is 25.7 Å². The van der Waals surface area contributed by atoms with Gasteiger partial charge in [0.2, 0.25) is 0 Å². The van der Waals surface area contributed by atoms with E-state index in [2.05, 4.69) is 5.32 Å². The number of nitrogens with one attached hydrogen (secondary N) is 1. The second kappa shape index (κ2) is 6.21. The van der Waals surface area contributed by atoms with E-state index in [-0.39, 0.29) is 11.9 Å². The normalized spacial score (nSPS) is 27.6. The molecule has 0 aromatic heterocycles. The molecule has 0 saturated carbocycles. The summed E-state index contributed by atoms with van der Waals surface area (Å²) in [5.41, 5.74) is 0. The summed E-state index contributed by atoms with van der Waals surface area (Å²) in [5, 5.41) is 3.33. The van der Waals surface area contributed by atoms with Crippen LogP contribution in [0.25, 0.3) is 0 Å². The summed E-state index contributed by atoms with van der Waals surface area (Å²) in [6.07, 6.45) is 4.01. The summed E-state index contributed by atoms with van der Waals surface area (Å²) in [5.74, 6) is 0.566. The predicted octanol–water partition coefficient (Wildman–Crippen LogP) is 0.956. The van der Waals surface area contributed by atoms with Crippen LogP contribution in [0.5, 0.6) is 0 Å². The first kappa shape index (κ1) is 11.9. The third-order valence-corrected chi connectivity index (χ3v) is 3.41. The van der Waals surface area contributed by atoms with Gasteiger partial charge in [-0.3, -0.25) is 4.79 Å². The van der Waals surface area contributed by atoms with Crippen LogP contribution in [0.3, 0.4) is 0 Å². The monoisotopic (exact) mass is 227 g/mol. The Morgan fingerprint density at radius 2 is 2.12 bits per heavy atom. The zero-order chi connectivity index (χ0) is 11.2. The summed E-state index contributed by atoms with van der Waals surface area (Å²) in [4.78, 5) is 11.7. The van der Waals surface area contributed by atoms with Gasteiger partial charge in [-0.15, -0.1) is 0 Å². The Morgan fingerprint density at radius 3 is 2.81 bits per heavy atom. The lowest BCUT2D eigenvalue weighted by Crippen LogP contribution is -2.34. The lowest BCUT2D eigenvalue weighted by molar-refractivity contribution is -0.153. The van der Waals surface area contributed by atoms with Crippen LogP contribution in [0, 0.1) is 11.8 Å². The topological polar surface area (TPSA) is 47.6 Å². The van der Waals surface area contributed by atoms with Crippen molar-refractivity contribution in [3.05, 3.63) is 0 Å². The van der Waals surface area contributed by atoms with Gasteiger partial charge < -0.3 is 14.8 Å². The van der Waals surface area contributed by atoms with Gasteiger partial charge in [-0.25, -0.2) is 0 Å². The van der Waals surface area contributed by atoms with Crippen LogP contribution >= 0.6 is 0 Å². The molecule has 2 heterocycles. The van der Waals surface area contributed by atoms with Gasteiger partial charge in [0, 0.05) is 25.7 Å². The fourth-order valence-corrected chi connectivity index (χ4v) is 2.32.